The molecule has 2 aliphatic carbocycles. The Morgan fingerprint density at radius 1 is 1.06 bits per heavy atom. The molecule has 1 amide bonds. The predicted molar refractivity (Wildman–Crippen MR) is 201 cm³/mol. The van der Waals surface area contributed by atoms with Crippen LogP contribution in [-0.2, 0) is 20.9 Å². The summed E-state index contributed by atoms with van der Waals surface area (Å²) >= 11 is 0. The molecule has 0 radical (unpaired) electrons. The molecule has 10 nitrogen and oxygen atoms in total. The Kier molecular flexibility index (Phi) is 14.4. The second kappa shape index (κ2) is 19.1. The van der Waals surface area contributed by atoms with Crippen LogP contribution < -0.4 is 4.74 Å². The lowest BCUT2D eigenvalue weighted by Crippen LogP contribution is -2.70. The van der Waals surface area contributed by atoms with Gasteiger partial charge in [-0.3, -0.25) is 4.90 Å². The van der Waals surface area contributed by atoms with Crippen LogP contribution in [0.3, 0.4) is 0 Å². The van der Waals surface area contributed by atoms with E-state index in [2.05, 4.69) is 19.2 Å². The highest BCUT2D eigenvalue weighted by atomic mass is 16.7. The summed E-state index contributed by atoms with van der Waals surface area (Å²) < 4.78 is 19.8. The first kappa shape index (κ1) is 39.1. The van der Waals surface area contributed by atoms with Crippen LogP contribution in [0.5, 0.6) is 11.5 Å². The Morgan fingerprint density at radius 3 is 2.54 bits per heavy atom. The second-order valence-electron chi connectivity index (χ2n) is 13.9. The van der Waals surface area contributed by atoms with Gasteiger partial charge in [-0.2, -0.15) is 0 Å². The molecule has 2 aromatic rings. The fraction of sp³-hybridized carbons (Fsp3) is 0.524. The molecule has 282 valence electrons. The number of amides is 1. The number of carbonyl (C=O) groups is 1. The van der Waals surface area contributed by atoms with Gasteiger partial charge in [0.1, 0.15) is 24.1 Å². The van der Waals surface area contributed by atoms with Crippen molar-refractivity contribution in [1.82, 2.24) is 4.90 Å². The molecular formula is C42H56N2O8. The molecule has 1 saturated carbocycles. The van der Waals surface area contributed by atoms with Crippen molar-refractivity contribution in [3.05, 3.63) is 96.6 Å². The maximum atomic E-state index is 14.1. The van der Waals surface area contributed by atoms with Crippen molar-refractivity contribution in [3.63, 3.8) is 0 Å². The summed E-state index contributed by atoms with van der Waals surface area (Å²) in [6.45, 7) is 11.0. The standard InChI is InChI=1S/C42H56N2O8/c1-4-7-25-49-41(48)44(21-5-2)38-28-36(43-51-29-30-15-9-8-10-16-30)34-26-31(17-11-13-22-45)33(18-12-14-23-46)39-35-27-32(47)19-20-37(35)52-42(38,40(34)39)50-24-6-3/h4,6,8-10,15-16,19-20,26-27,31,33,38-40,45-47H,1,3,5,7,11-14,17-18,21-25,28-29H2,2H3/t31-,33+,38-,39+,40+,42+/m0/s1. The third-order valence-corrected chi connectivity index (χ3v) is 10.5. The first-order chi connectivity index (χ1) is 25.4. The van der Waals surface area contributed by atoms with E-state index in [-0.39, 0.29) is 63.0 Å². The summed E-state index contributed by atoms with van der Waals surface area (Å²) in [7, 11) is 0. The summed E-state index contributed by atoms with van der Waals surface area (Å²) in [6.07, 6.45) is 11.4. The van der Waals surface area contributed by atoms with E-state index < -0.39 is 23.8 Å². The van der Waals surface area contributed by atoms with Gasteiger partial charge >= 0.3 is 6.09 Å². The van der Waals surface area contributed by atoms with E-state index >= 15 is 0 Å². The van der Waals surface area contributed by atoms with Crippen molar-refractivity contribution in [1.29, 1.82) is 0 Å². The first-order valence-corrected chi connectivity index (χ1v) is 18.9. The number of aliphatic hydroxyl groups is 2. The average molecular weight is 717 g/mol. The summed E-state index contributed by atoms with van der Waals surface area (Å²) in [5, 5.41) is 35.2. The molecule has 0 unspecified atom stereocenters. The van der Waals surface area contributed by atoms with Gasteiger partial charge in [0.05, 0.1) is 24.8 Å². The van der Waals surface area contributed by atoms with Gasteiger partial charge in [0.15, 0.2) is 0 Å². The van der Waals surface area contributed by atoms with Crippen LogP contribution in [0.2, 0.25) is 0 Å². The molecule has 0 bridgehead atoms. The summed E-state index contributed by atoms with van der Waals surface area (Å²) in [6, 6.07) is 14.4. The van der Waals surface area contributed by atoms with Gasteiger partial charge in [0.25, 0.3) is 0 Å². The Labute approximate surface area is 308 Å². The van der Waals surface area contributed by atoms with Crippen LogP contribution in [0.15, 0.2) is 90.6 Å². The number of hydrogen-bond acceptors (Lipinski definition) is 9. The molecule has 0 spiro atoms. The average Bonchev–Trinajstić information content (AvgIpc) is 3.15. The number of allylic oxidation sites excluding steroid dienone is 1. The van der Waals surface area contributed by atoms with Gasteiger partial charge in [-0.05, 0) is 79.7 Å². The second-order valence-corrected chi connectivity index (χ2v) is 13.9. The SMILES string of the molecule is C=CCCOC(=O)N(CCC)[C@H]1CC(=NOCc2ccccc2)C2=C[C@H](CCCCO)[C@@H](CCCCO)[C@@H]3c4cc(O)ccc4O[C@@]1(OCC=C)[C@H]23. The van der Waals surface area contributed by atoms with Gasteiger partial charge in [0.2, 0.25) is 5.79 Å². The van der Waals surface area contributed by atoms with Crippen LogP contribution in [0.25, 0.3) is 0 Å². The zero-order valence-corrected chi connectivity index (χ0v) is 30.5. The minimum atomic E-state index is -1.37. The lowest BCUT2D eigenvalue weighted by Gasteiger charge is -2.59. The molecule has 6 atom stereocenters. The van der Waals surface area contributed by atoms with E-state index in [0.29, 0.717) is 43.7 Å². The van der Waals surface area contributed by atoms with Crippen LogP contribution >= 0.6 is 0 Å². The van der Waals surface area contributed by atoms with Gasteiger partial charge in [0, 0.05) is 37.7 Å². The molecule has 1 aliphatic heterocycles. The number of ether oxygens (including phenoxy) is 3. The lowest BCUT2D eigenvalue weighted by atomic mass is 9.55. The maximum Gasteiger partial charge on any atom is 0.410 e. The Hall–Kier alpha value is -4.12. The largest absolute Gasteiger partial charge is 0.508 e. The number of benzene rings is 2. The van der Waals surface area contributed by atoms with Crippen LogP contribution in [0, 0.1) is 17.8 Å². The smallest absolute Gasteiger partial charge is 0.410 e. The van der Waals surface area contributed by atoms with Crippen molar-refractivity contribution in [2.75, 3.05) is 33.0 Å². The molecule has 2 aromatic carbocycles. The molecule has 3 aliphatic rings. The molecule has 0 saturated heterocycles. The number of nitrogens with zero attached hydrogens (tertiary/aromatic N) is 2. The van der Waals surface area contributed by atoms with Gasteiger partial charge < -0.3 is 34.4 Å². The monoisotopic (exact) mass is 716 g/mol. The van der Waals surface area contributed by atoms with Crippen molar-refractivity contribution in [2.45, 2.75) is 89.1 Å². The number of oxime groups is 1. The predicted octanol–water partition coefficient (Wildman–Crippen LogP) is 7.65. The fourth-order valence-corrected chi connectivity index (χ4v) is 8.34. The van der Waals surface area contributed by atoms with Crippen LogP contribution in [-0.4, -0.2) is 76.8 Å². The molecule has 0 aromatic heterocycles. The molecule has 3 N–H and O–H groups in total. The number of rotatable bonds is 20. The maximum absolute atomic E-state index is 14.1. The number of phenolic OH excluding ortho intramolecular Hbond substituents is 1. The molecule has 10 heteroatoms. The number of phenols is 1. The zero-order valence-electron chi connectivity index (χ0n) is 30.5. The summed E-state index contributed by atoms with van der Waals surface area (Å²) in [5.74, 6) is -1.14. The Morgan fingerprint density at radius 2 is 1.83 bits per heavy atom. The number of carbonyl (C=O) groups excluding carboxylic acids is 1. The van der Waals surface area contributed by atoms with E-state index in [1.165, 1.54) is 0 Å². The van der Waals surface area contributed by atoms with E-state index in [1.807, 2.05) is 37.3 Å². The highest BCUT2D eigenvalue weighted by molar-refractivity contribution is 6.03. The van der Waals surface area contributed by atoms with Crippen LogP contribution in [0.1, 0.15) is 81.8 Å². The van der Waals surface area contributed by atoms with Crippen molar-refractivity contribution in [3.8, 4) is 11.5 Å². The zero-order chi connectivity index (χ0) is 36.9. The minimum absolute atomic E-state index is 0.0690. The molecule has 52 heavy (non-hydrogen) atoms. The highest BCUT2D eigenvalue weighted by Gasteiger charge is 2.65. The first-order valence-electron chi connectivity index (χ1n) is 18.9. The van der Waals surface area contributed by atoms with Gasteiger partial charge in [-0.1, -0.05) is 73.5 Å². The number of aromatic hydroxyl groups is 1. The van der Waals surface area contributed by atoms with Crippen LogP contribution in [0.4, 0.5) is 4.79 Å². The van der Waals surface area contributed by atoms with Gasteiger partial charge in [-0.15, -0.1) is 13.2 Å². The molecular weight excluding hydrogens is 660 g/mol. The van der Waals surface area contributed by atoms with E-state index in [1.54, 1.807) is 35.3 Å². The third kappa shape index (κ3) is 8.73. The van der Waals surface area contributed by atoms with E-state index in [4.69, 9.17) is 24.2 Å². The number of hydrogen-bond donors (Lipinski definition) is 3. The van der Waals surface area contributed by atoms with Gasteiger partial charge in [-0.25, -0.2) is 4.79 Å². The Bertz CT molecular complexity index is 1540. The third-order valence-electron chi connectivity index (χ3n) is 10.5. The summed E-state index contributed by atoms with van der Waals surface area (Å²) in [4.78, 5) is 21.9. The molecule has 1 heterocycles. The van der Waals surface area contributed by atoms with Crippen molar-refractivity contribution >= 4 is 11.8 Å². The van der Waals surface area contributed by atoms with E-state index in [0.717, 1.165) is 42.4 Å². The van der Waals surface area contributed by atoms with Crippen molar-refractivity contribution in [2.24, 2.45) is 22.9 Å². The number of aliphatic hydroxyl groups excluding tert-OH is 2. The van der Waals surface area contributed by atoms with E-state index in [9.17, 15) is 20.1 Å². The quantitative estimate of drug-likeness (QED) is 0.0724. The minimum Gasteiger partial charge on any atom is -0.508 e. The highest BCUT2D eigenvalue weighted by Crippen LogP contribution is 2.61. The fourth-order valence-electron chi connectivity index (χ4n) is 8.34. The Balaban J connectivity index is 1.73. The topological polar surface area (TPSA) is 130 Å². The number of unbranched alkanes of at least 4 members (excludes halogenated alkanes) is 2. The summed E-state index contributed by atoms with van der Waals surface area (Å²) in [5.41, 5.74) is 3.50. The normalized spacial score (nSPS) is 25.2. The van der Waals surface area contributed by atoms with Crippen molar-refractivity contribution < 1.29 is 39.2 Å². The lowest BCUT2D eigenvalue weighted by molar-refractivity contribution is -0.255. The molecule has 5 rings (SSSR count). The number of fused-ring (bicyclic) bond motifs is 2. The molecule has 1 fully saturated rings.